The number of fused-ring (bicyclic) bond motifs is 3. The molecule has 1 amide bonds. The van der Waals surface area contributed by atoms with E-state index >= 15 is 0 Å². The second kappa shape index (κ2) is 3.57. The van der Waals surface area contributed by atoms with Crippen LogP contribution in [0.1, 0.15) is 24.5 Å². The summed E-state index contributed by atoms with van der Waals surface area (Å²) in [5.41, 5.74) is 2.76. The third-order valence-electron chi connectivity index (χ3n) is 4.00. The van der Waals surface area contributed by atoms with E-state index in [1.54, 1.807) is 14.2 Å². The van der Waals surface area contributed by atoms with Crippen LogP contribution >= 0.6 is 0 Å². The Morgan fingerprint density at radius 1 is 1.44 bits per heavy atom. The molecule has 94 valence electrons. The second-order valence-corrected chi connectivity index (χ2v) is 5.13. The number of carbonyl (C=O) groups is 1. The zero-order chi connectivity index (χ0) is 12.9. The van der Waals surface area contributed by atoms with Crippen molar-refractivity contribution in [1.82, 2.24) is 5.01 Å². The van der Waals surface area contributed by atoms with Crippen LogP contribution in [0.5, 0.6) is 5.75 Å². The SMILES string of the molecule is COc1ccc2c(c1)CCC1(C)C(=O)N(C)N=C21. The minimum atomic E-state index is -0.448. The van der Waals surface area contributed by atoms with Gasteiger partial charge in [-0.15, -0.1) is 0 Å². The van der Waals surface area contributed by atoms with Gasteiger partial charge >= 0.3 is 0 Å². The van der Waals surface area contributed by atoms with Crippen molar-refractivity contribution in [2.45, 2.75) is 19.8 Å². The molecule has 1 aliphatic carbocycles. The fourth-order valence-corrected chi connectivity index (χ4v) is 2.86. The quantitative estimate of drug-likeness (QED) is 0.756. The molecule has 2 aliphatic rings. The molecule has 1 aromatic rings. The Kier molecular flexibility index (Phi) is 2.24. The molecule has 0 fully saturated rings. The molecule has 4 heteroatoms. The predicted octanol–water partition coefficient (Wildman–Crippen LogP) is 1.82. The molecule has 0 saturated carbocycles. The van der Waals surface area contributed by atoms with Crippen molar-refractivity contribution in [3.05, 3.63) is 29.3 Å². The number of rotatable bonds is 1. The fraction of sp³-hybridized carbons (Fsp3) is 0.429. The Bertz CT molecular complexity index is 565. The Balaban J connectivity index is 2.14. The van der Waals surface area contributed by atoms with E-state index in [2.05, 4.69) is 5.10 Å². The summed E-state index contributed by atoms with van der Waals surface area (Å²) in [6, 6.07) is 5.98. The van der Waals surface area contributed by atoms with Gasteiger partial charge in [0.15, 0.2) is 0 Å². The number of nitrogens with zero attached hydrogens (tertiary/aromatic N) is 2. The lowest BCUT2D eigenvalue weighted by Crippen LogP contribution is -2.39. The second-order valence-electron chi connectivity index (χ2n) is 5.13. The van der Waals surface area contributed by atoms with E-state index in [1.165, 1.54) is 10.6 Å². The molecule has 18 heavy (non-hydrogen) atoms. The number of methoxy groups -OCH3 is 1. The highest BCUT2D eigenvalue weighted by molar-refractivity contribution is 6.20. The van der Waals surface area contributed by atoms with Gasteiger partial charge in [0.2, 0.25) is 0 Å². The molecular weight excluding hydrogens is 228 g/mol. The van der Waals surface area contributed by atoms with Gasteiger partial charge < -0.3 is 4.74 Å². The third-order valence-corrected chi connectivity index (χ3v) is 4.00. The van der Waals surface area contributed by atoms with Gasteiger partial charge in [-0.05, 0) is 43.5 Å². The van der Waals surface area contributed by atoms with Crippen molar-refractivity contribution < 1.29 is 9.53 Å². The van der Waals surface area contributed by atoms with E-state index in [1.807, 2.05) is 25.1 Å². The zero-order valence-electron chi connectivity index (χ0n) is 10.9. The lowest BCUT2D eigenvalue weighted by Gasteiger charge is -2.30. The molecule has 0 aromatic heterocycles. The molecule has 0 spiro atoms. The third kappa shape index (κ3) is 1.32. The number of hydrogen-bond donors (Lipinski definition) is 0. The van der Waals surface area contributed by atoms with Gasteiger partial charge in [-0.1, -0.05) is 0 Å². The lowest BCUT2D eigenvalue weighted by atomic mass is 9.71. The highest BCUT2D eigenvalue weighted by Crippen LogP contribution is 2.41. The van der Waals surface area contributed by atoms with Crippen molar-refractivity contribution in [1.29, 1.82) is 0 Å². The first-order valence-electron chi connectivity index (χ1n) is 6.11. The maximum absolute atomic E-state index is 12.2. The van der Waals surface area contributed by atoms with Crippen LogP contribution in [-0.2, 0) is 11.2 Å². The highest BCUT2D eigenvalue weighted by Gasteiger charge is 2.48. The van der Waals surface area contributed by atoms with Gasteiger partial charge in [0.05, 0.1) is 18.2 Å². The summed E-state index contributed by atoms with van der Waals surface area (Å²) >= 11 is 0. The van der Waals surface area contributed by atoms with E-state index in [0.717, 1.165) is 29.9 Å². The van der Waals surface area contributed by atoms with Gasteiger partial charge in [0.1, 0.15) is 5.75 Å². The predicted molar refractivity (Wildman–Crippen MR) is 68.7 cm³/mol. The van der Waals surface area contributed by atoms with Crippen LogP contribution in [0.15, 0.2) is 23.3 Å². The average Bonchev–Trinajstić information content (AvgIpc) is 2.62. The van der Waals surface area contributed by atoms with Crippen molar-refractivity contribution >= 4 is 11.6 Å². The Labute approximate surface area is 106 Å². The maximum atomic E-state index is 12.2. The van der Waals surface area contributed by atoms with Crippen LogP contribution in [0.3, 0.4) is 0 Å². The average molecular weight is 244 g/mol. The molecular formula is C14H16N2O2. The van der Waals surface area contributed by atoms with Crippen LogP contribution in [0.25, 0.3) is 0 Å². The highest BCUT2D eigenvalue weighted by atomic mass is 16.5. The molecule has 0 N–H and O–H groups in total. The molecule has 1 heterocycles. The summed E-state index contributed by atoms with van der Waals surface area (Å²) in [6.07, 6.45) is 1.71. The van der Waals surface area contributed by atoms with Crippen LogP contribution in [0.2, 0.25) is 0 Å². The smallest absolute Gasteiger partial charge is 0.254 e. The van der Waals surface area contributed by atoms with Gasteiger partial charge in [-0.2, -0.15) is 5.10 Å². The van der Waals surface area contributed by atoms with Gasteiger partial charge in [0, 0.05) is 12.6 Å². The first-order chi connectivity index (χ1) is 8.56. The standard InChI is InChI=1S/C14H16N2O2/c1-14-7-6-9-8-10(18-3)4-5-11(9)12(14)15-16(2)13(14)17/h4-5,8H,6-7H2,1-3H3. The van der Waals surface area contributed by atoms with Gasteiger partial charge in [-0.3, -0.25) is 4.79 Å². The molecule has 4 nitrogen and oxygen atoms in total. The van der Waals surface area contributed by atoms with Crippen LogP contribution in [0, 0.1) is 5.41 Å². The summed E-state index contributed by atoms with van der Waals surface area (Å²) < 4.78 is 5.24. The number of aryl methyl sites for hydroxylation is 1. The number of carbonyl (C=O) groups excluding carboxylic acids is 1. The number of amides is 1. The Morgan fingerprint density at radius 3 is 2.94 bits per heavy atom. The van der Waals surface area contributed by atoms with Gasteiger partial charge in [0.25, 0.3) is 5.91 Å². The molecule has 0 radical (unpaired) electrons. The summed E-state index contributed by atoms with van der Waals surface area (Å²) in [5.74, 6) is 0.953. The molecule has 1 aromatic carbocycles. The van der Waals surface area contributed by atoms with E-state index in [0.29, 0.717) is 0 Å². The Hall–Kier alpha value is -1.84. The van der Waals surface area contributed by atoms with Crippen LogP contribution < -0.4 is 4.74 Å². The maximum Gasteiger partial charge on any atom is 0.254 e. The van der Waals surface area contributed by atoms with Crippen molar-refractivity contribution in [2.75, 3.05) is 14.2 Å². The monoisotopic (exact) mass is 244 g/mol. The molecule has 1 aliphatic heterocycles. The topological polar surface area (TPSA) is 41.9 Å². The number of ether oxygens (including phenoxy) is 1. The summed E-state index contributed by atoms with van der Waals surface area (Å²) in [7, 11) is 3.39. The van der Waals surface area contributed by atoms with Crippen LogP contribution in [-0.4, -0.2) is 30.8 Å². The van der Waals surface area contributed by atoms with Crippen molar-refractivity contribution in [2.24, 2.45) is 10.5 Å². The number of benzene rings is 1. The Morgan fingerprint density at radius 2 is 2.22 bits per heavy atom. The van der Waals surface area contributed by atoms with Gasteiger partial charge in [-0.25, -0.2) is 5.01 Å². The van der Waals surface area contributed by atoms with E-state index in [9.17, 15) is 4.79 Å². The summed E-state index contributed by atoms with van der Waals surface area (Å²) in [6.45, 7) is 1.99. The number of hydrogen-bond acceptors (Lipinski definition) is 3. The minimum absolute atomic E-state index is 0.0963. The van der Waals surface area contributed by atoms with E-state index in [4.69, 9.17) is 4.74 Å². The first kappa shape index (κ1) is 11.3. The minimum Gasteiger partial charge on any atom is -0.497 e. The number of hydrazone groups is 1. The summed E-state index contributed by atoms with van der Waals surface area (Å²) in [4.78, 5) is 12.2. The van der Waals surface area contributed by atoms with E-state index < -0.39 is 5.41 Å². The fourth-order valence-electron chi connectivity index (χ4n) is 2.86. The largest absolute Gasteiger partial charge is 0.497 e. The van der Waals surface area contributed by atoms with E-state index in [-0.39, 0.29) is 5.91 Å². The lowest BCUT2D eigenvalue weighted by molar-refractivity contribution is -0.134. The molecule has 0 bridgehead atoms. The molecule has 1 unspecified atom stereocenters. The molecule has 1 atom stereocenters. The van der Waals surface area contributed by atoms with Crippen molar-refractivity contribution in [3.8, 4) is 5.75 Å². The van der Waals surface area contributed by atoms with Crippen molar-refractivity contribution in [3.63, 3.8) is 0 Å². The molecule has 3 rings (SSSR count). The van der Waals surface area contributed by atoms with Crippen LogP contribution in [0.4, 0.5) is 0 Å². The zero-order valence-corrected chi connectivity index (χ0v) is 10.9. The first-order valence-corrected chi connectivity index (χ1v) is 6.11. The normalized spacial score (nSPS) is 25.6. The summed E-state index contributed by atoms with van der Waals surface area (Å²) in [5, 5.41) is 5.89. The molecule has 0 saturated heterocycles.